The van der Waals surface area contributed by atoms with Crippen molar-refractivity contribution in [3.63, 3.8) is 0 Å². The van der Waals surface area contributed by atoms with Gasteiger partial charge in [-0.3, -0.25) is 4.90 Å². The zero-order chi connectivity index (χ0) is 19.0. The van der Waals surface area contributed by atoms with Gasteiger partial charge in [-0.1, -0.05) is 6.07 Å². The maximum Gasteiger partial charge on any atom is 0.231 e. The predicted octanol–water partition coefficient (Wildman–Crippen LogP) is 2.12. The largest absolute Gasteiger partial charge is 0.454 e. The normalized spacial score (nSPS) is 20.3. The van der Waals surface area contributed by atoms with Gasteiger partial charge >= 0.3 is 0 Å². The highest BCUT2D eigenvalue weighted by molar-refractivity contribution is 7.91. The zero-order valence-corrected chi connectivity index (χ0v) is 16.2. The summed E-state index contributed by atoms with van der Waals surface area (Å²) >= 11 is 0. The average molecular weight is 389 g/mol. The average Bonchev–Trinajstić information content (AvgIpc) is 3.15. The Balaban J connectivity index is 1.40. The van der Waals surface area contributed by atoms with Gasteiger partial charge < -0.3 is 14.4 Å². The van der Waals surface area contributed by atoms with Crippen molar-refractivity contribution >= 4 is 15.7 Å². The Morgan fingerprint density at radius 2 is 1.78 bits per heavy atom. The molecule has 1 fully saturated rings. The lowest BCUT2D eigenvalue weighted by Crippen LogP contribution is -2.47. The lowest BCUT2D eigenvalue weighted by molar-refractivity contribution is 0.173. The van der Waals surface area contributed by atoms with Crippen molar-refractivity contribution in [1.29, 1.82) is 4.78 Å². The Bertz CT molecular complexity index is 925. The lowest BCUT2D eigenvalue weighted by Gasteiger charge is -2.38. The van der Waals surface area contributed by atoms with Crippen molar-refractivity contribution in [2.24, 2.45) is 0 Å². The van der Waals surface area contributed by atoms with E-state index >= 15 is 0 Å². The molecule has 0 saturated carbocycles. The molecule has 3 heterocycles. The van der Waals surface area contributed by atoms with Crippen molar-refractivity contribution in [2.75, 3.05) is 44.1 Å². The van der Waals surface area contributed by atoms with Gasteiger partial charge in [-0.2, -0.15) is 0 Å². The predicted molar refractivity (Wildman–Crippen MR) is 102 cm³/mol. The summed E-state index contributed by atoms with van der Waals surface area (Å²) in [5.41, 5.74) is 1.21. The van der Waals surface area contributed by atoms with E-state index in [2.05, 4.69) is 38.8 Å². The smallest absolute Gasteiger partial charge is 0.231 e. The first-order valence-electron chi connectivity index (χ1n) is 8.86. The number of rotatable bonds is 4. The zero-order valence-electron chi connectivity index (χ0n) is 15.4. The van der Waals surface area contributed by atoms with Crippen LogP contribution in [0, 0.1) is 4.78 Å². The Kier molecular flexibility index (Phi) is 4.65. The van der Waals surface area contributed by atoms with Crippen LogP contribution in [0.3, 0.4) is 0 Å². The standard InChI is InChI=1S/C18H23N5O3S/c1-13(14-3-4-16-17(9-14)26-12-25-16)22-5-7-23(8-6-22)18-20-10-15(11-21-18)27(2,19)24/h3-4,9-11,13,19H,5-8,12H2,1-2H3/t13-,27-/m0/s1. The highest BCUT2D eigenvalue weighted by Gasteiger charge is 2.25. The van der Waals surface area contributed by atoms with Gasteiger partial charge in [0.25, 0.3) is 0 Å². The van der Waals surface area contributed by atoms with Gasteiger partial charge in [-0.05, 0) is 24.6 Å². The molecule has 0 amide bonds. The molecule has 0 aliphatic carbocycles. The minimum atomic E-state index is -2.78. The molecule has 0 spiro atoms. The van der Waals surface area contributed by atoms with E-state index in [1.165, 1.54) is 24.2 Å². The number of aromatic nitrogens is 2. The number of benzene rings is 1. The number of hydrogen-bond donors (Lipinski definition) is 1. The van der Waals surface area contributed by atoms with Gasteiger partial charge in [-0.25, -0.2) is 19.0 Å². The third-order valence-corrected chi connectivity index (χ3v) is 6.20. The summed E-state index contributed by atoms with van der Waals surface area (Å²) in [6.07, 6.45) is 4.38. The van der Waals surface area contributed by atoms with Crippen LogP contribution in [0.1, 0.15) is 18.5 Å². The monoisotopic (exact) mass is 389 g/mol. The highest BCUT2D eigenvalue weighted by atomic mass is 32.2. The summed E-state index contributed by atoms with van der Waals surface area (Å²) in [7, 11) is -2.78. The fourth-order valence-corrected chi connectivity index (χ4v) is 3.87. The summed E-state index contributed by atoms with van der Waals surface area (Å²) in [6, 6.07) is 6.40. The fraction of sp³-hybridized carbons (Fsp3) is 0.444. The Morgan fingerprint density at radius 3 is 2.44 bits per heavy atom. The number of piperazine rings is 1. The second kappa shape index (κ2) is 6.97. The van der Waals surface area contributed by atoms with E-state index in [9.17, 15) is 4.21 Å². The Morgan fingerprint density at radius 1 is 1.11 bits per heavy atom. The van der Waals surface area contributed by atoms with E-state index in [0.29, 0.717) is 10.8 Å². The molecule has 1 saturated heterocycles. The Hall–Kier alpha value is -2.39. The molecule has 1 N–H and O–H groups in total. The summed E-state index contributed by atoms with van der Waals surface area (Å²) in [5, 5.41) is 0. The number of anilines is 1. The first-order chi connectivity index (χ1) is 12.9. The molecule has 0 radical (unpaired) electrons. The van der Waals surface area contributed by atoms with E-state index in [0.717, 1.165) is 37.7 Å². The molecule has 1 aromatic carbocycles. The third kappa shape index (κ3) is 3.70. The highest BCUT2D eigenvalue weighted by Crippen LogP contribution is 2.35. The van der Waals surface area contributed by atoms with Gasteiger partial charge in [0.1, 0.15) is 0 Å². The Labute approximate surface area is 159 Å². The maximum absolute atomic E-state index is 11.7. The van der Waals surface area contributed by atoms with Gasteiger partial charge in [0.15, 0.2) is 11.5 Å². The van der Waals surface area contributed by atoms with E-state index in [4.69, 9.17) is 14.3 Å². The van der Waals surface area contributed by atoms with Crippen LogP contribution in [0.25, 0.3) is 0 Å². The quantitative estimate of drug-likeness (QED) is 0.856. The van der Waals surface area contributed by atoms with Crippen LogP contribution in [0.2, 0.25) is 0 Å². The van der Waals surface area contributed by atoms with Crippen molar-refractivity contribution in [1.82, 2.24) is 14.9 Å². The molecule has 144 valence electrons. The summed E-state index contributed by atoms with van der Waals surface area (Å²) in [5.74, 6) is 2.24. The van der Waals surface area contributed by atoms with Crippen LogP contribution in [-0.2, 0) is 9.73 Å². The second-order valence-electron chi connectivity index (χ2n) is 6.87. The molecule has 2 aromatic rings. The van der Waals surface area contributed by atoms with Crippen molar-refractivity contribution in [3.05, 3.63) is 36.2 Å². The van der Waals surface area contributed by atoms with Crippen LogP contribution in [-0.4, -0.2) is 58.3 Å². The van der Waals surface area contributed by atoms with Crippen molar-refractivity contribution in [2.45, 2.75) is 17.9 Å². The summed E-state index contributed by atoms with van der Waals surface area (Å²) in [4.78, 5) is 13.5. The van der Waals surface area contributed by atoms with Crippen LogP contribution < -0.4 is 14.4 Å². The minimum Gasteiger partial charge on any atom is -0.454 e. The van der Waals surface area contributed by atoms with Crippen LogP contribution >= 0.6 is 0 Å². The van der Waals surface area contributed by atoms with Crippen LogP contribution in [0.15, 0.2) is 35.5 Å². The number of fused-ring (bicyclic) bond motifs is 1. The summed E-state index contributed by atoms with van der Waals surface area (Å²) < 4.78 is 30.2. The van der Waals surface area contributed by atoms with Crippen LogP contribution in [0.4, 0.5) is 5.95 Å². The van der Waals surface area contributed by atoms with E-state index < -0.39 is 9.73 Å². The van der Waals surface area contributed by atoms with Crippen molar-refractivity contribution in [3.8, 4) is 11.5 Å². The van der Waals surface area contributed by atoms with E-state index in [1.807, 2.05) is 6.07 Å². The molecule has 0 bridgehead atoms. The molecule has 4 rings (SSSR count). The molecule has 27 heavy (non-hydrogen) atoms. The second-order valence-corrected chi connectivity index (χ2v) is 9.03. The van der Waals surface area contributed by atoms with Gasteiger partial charge in [0.05, 0.1) is 14.6 Å². The molecular formula is C18H23N5O3S. The third-order valence-electron chi connectivity index (χ3n) is 5.09. The SMILES string of the molecule is C[C@@H](c1ccc2c(c1)OCO2)N1CCN(c2ncc([S@@](C)(=N)=O)cn2)CC1. The first kappa shape index (κ1) is 18.0. The van der Waals surface area contributed by atoms with E-state index in [-0.39, 0.29) is 12.8 Å². The fourth-order valence-electron chi connectivity index (χ4n) is 3.37. The lowest BCUT2D eigenvalue weighted by atomic mass is 10.1. The van der Waals surface area contributed by atoms with E-state index in [1.54, 1.807) is 0 Å². The molecule has 8 nitrogen and oxygen atoms in total. The number of ether oxygens (including phenoxy) is 2. The molecule has 2 aliphatic heterocycles. The first-order valence-corrected chi connectivity index (χ1v) is 10.8. The van der Waals surface area contributed by atoms with Crippen LogP contribution in [0.5, 0.6) is 11.5 Å². The number of nitrogens with one attached hydrogen (secondary N) is 1. The summed E-state index contributed by atoms with van der Waals surface area (Å²) in [6.45, 7) is 5.91. The number of nitrogens with zero attached hydrogens (tertiary/aromatic N) is 4. The molecule has 0 unspecified atom stereocenters. The maximum atomic E-state index is 11.7. The van der Waals surface area contributed by atoms with Gasteiger partial charge in [0, 0.05) is 50.9 Å². The topological polar surface area (TPSA) is 91.6 Å². The van der Waals surface area contributed by atoms with Crippen molar-refractivity contribution < 1.29 is 13.7 Å². The van der Waals surface area contributed by atoms with Gasteiger partial charge in [0.2, 0.25) is 12.7 Å². The minimum absolute atomic E-state index is 0.276. The molecule has 9 heteroatoms. The number of hydrogen-bond acceptors (Lipinski definition) is 8. The molecule has 2 aliphatic rings. The van der Waals surface area contributed by atoms with Gasteiger partial charge in [-0.15, -0.1) is 0 Å². The molecule has 2 atom stereocenters. The molecular weight excluding hydrogens is 366 g/mol. The molecule has 1 aromatic heterocycles.